The van der Waals surface area contributed by atoms with Gasteiger partial charge in [-0.25, -0.2) is 5.01 Å². The normalized spacial score (nSPS) is 25.4. The summed E-state index contributed by atoms with van der Waals surface area (Å²) in [5, 5.41) is 6.77. The van der Waals surface area contributed by atoms with Crippen molar-refractivity contribution in [2.75, 3.05) is 12.1 Å². The van der Waals surface area contributed by atoms with E-state index < -0.39 is 5.66 Å². The van der Waals surface area contributed by atoms with E-state index in [-0.39, 0.29) is 10.7 Å². The van der Waals surface area contributed by atoms with Crippen LogP contribution in [0, 0.1) is 6.92 Å². The molecule has 1 amide bonds. The van der Waals surface area contributed by atoms with Crippen LogP contribution in [0.1, 0.15) is 28.4 Å². The smallest absolute Gasteiger partial charge is 0.256 e. The number of aryl methyl sites for hydroxylation is 1. The van der Waals surface area contributed by atoms with Crippen LogP contribution in [0.25, 0.3) is 0 Å². The molecule has 2 aromatic carbocycles. The Morgan fingerprint density at radius 3 is 2.46 bits per heavy atom. The Morgan fingerprint density at radius 2 is 1.75 bits per heavy atom. The minimum atomic E-state index is -0.674. The van der Waals surface area contributed by atoms with Gasteiger partial charge in [-0.2, -0.15) is 5.10 Å². The van der Waals surface area contributed by atoms with Crippen LogP contribution in [0.5, 0.6) is 0 Å². The Balaban J connectivity index is 1.97. The largest absolute Gasteiger partial charge is 0.312 e. The van der Waals surface area contributed by atoms with Crippen molar-refractivity contribution in [3.8, 4) is 0 Å². The predicted molar refractivity (Wildman–Crippen MR) is 99.7 cm³/mol. The molecule has 2 aliphatic rings. The minimum Gasteiger partial charge on any atom is -0.312 e. The number of rotatable bonds is 1. The van der Waals surface area contributed by atoms with Crippen LogP contribution >= 0.6 is 15.9 Å². The van der Waals surface area contributed by atoms with Crippen molar-refractivity contribution in [1.29, 1.82) is 0 Å². The van der Waals surface area contributed by atoms with Crippen LogP contribution in [0.2, 0.25) is 0 Å². The lowest BCUT2D eigenvalue weighted by molar-refractivity contribution is 0.0659. The first-order valence-electron chi connectivity index (χ1n) is 7.91. The Hall–Kier alpha value is -2.14. The Kier molecular flexibility index (Phi) is 3.32. The second-order valence-electron chi connectivity index (χ2n) is 6.39. The van der Waals surface area contributed by atoms with Crippen molar-refractivity contribution in [2.45, 2.75) is 24.3 Å². The first kappa shape index (κ1) is 15.4. The number of nitrogens with zero attached hydrogens (tertiary/aromatic N) is 3. The summed E-state index contributed by atoms with van der Waals surface area (Å²) < 4.78 is 0. The number of hydrogen-bond donors (Lipinski definition) is 0. The lowest BCUT2D eigenvalue weighted by atomic mass is 9.93. The Bertz CT molecular complexity index is 861. The van der Waals surface area contributed by atoms with E-state index in [0.717, 1.165) is 22.5 Å². The van der Waals surface area contributed by atoms with E-state index in [1.54, 1.807) is 4.90 Å². The van der Waals surface area contributed by atoms with Crippen LogP contribution in [-0.4, -0.2) is 28.4 Å². The van der Waals surface area contributed by atoms with Gasteiger partial charge >= 0.3 is 0 Å². The van der Waals surface area contributed by atoms with E-state index >= 15 is 0 Å². The third kappa shape index (κ3) is 1.79. The number of alkyl halides is 1. The molecule has 0 aliphatic carbocycles. The molecule has 24 heavy (non-hydrogen) atoms. The van der Waals surface area contributed by atoms with E-state index in [1.165, 1.54) is 5.56 Å². The van der Waals surface area contributed by atoms with E-state index in [4.69, 9.17) is 5.10 Å². The van der Waals surface area contributed by atoms with Crippen molar-refractivity contribution in [3.63, 3.8) is 0 Å². The molecule has 0 aromatic heterocycles. The van der Waals surface area contributed by atoms with Gasteiger partial charge in [-0.15, -0.1) is 0 Å². The van der Waals surface area contributed by atoms with E-state index in [2.05, 4.69) is 47.1 Å². The number of hydrazone groups is 1. The average Bonchev–Trinajstić information content (AvgIpc) is 2.98. The van der Waals surface area contributed by atoms with Crippen molar-refractivity contribution in [1.82, 2.24) is 4.90 Å². The Labute approximate surface area is 149 Å². The maximum atomic E-state index is 12.9. The molecule has 0 fully saturated rings. The second-order valence-corrected chi connectivity index (χ2v) is 7.30. The van der Waals surface area contributed by atoms with Gasteiger partial charge in [0.2, 0.25) is 0 Å². The summed E-state index contributed by atoms with van der Waals surface area (Å²) in [5.41, 5.74) is 4.17. The fourth-order valence-corrected chi connectivity index (χ4v) is 4.53. The predicted octanol–water partition coefficient (Wildman–Crippen LogP) is 3.89. The van der Waals surface area contributed by atoms with Gasteiger partial charge in [-0.3, -0.25) is 4.79 Å². The molecular formula is C19H18BrN3O. The number of benzene rings is 2. The van der Waals surface area contributed by atoms with Crippen molar-refractivity contribution in [3.05, 3.63) is 65.2 Å². The van der Waals surface area contributed by atoms with Crippen molar-refractivity contribution in [2.24, 2.45) is 5.10 Å². The molecule has 4 nitrogen and oxygen atoms in total. The van der Waals surface area contributed by atoms with Crippen molar-refractivity contribution >= 4 is 33.2 Å². The zero-order valence-electron chi connectivity index (χ0n) is 13.8. The van der Waals surface area contributed by atoms with Gasteiger partial charge in [0.05, 0.1) is 11.4 Å². The summed E-state index contributed by atoms with van der Waals surface area (Å²) in [6.07, 6.45) is 0. The Morgan fingerprint density at radius 1 is 1.08 bits per heavy atom. The van der Waals surface area contributed by atoms with Crippen LogP contribution in [-0.2, 0) is 5.66 Å². The highest BCUT2D eigenvalue weighted by atomic mass is 79.9. The highest BCUT2D eigenvalue weighted by Gasteiger charge is 2.60. The molecule has 2 aliphatic heterocycles. The van der Waals surface area contributed by atoms with Gasteiger partial charge in [0.15, 0.2) is 5.66 Å². The van der Waals surface area contributed by atoms with Gasteiger partial charge in [-0.05, 0) is 32.0 Å². The third-order valence-corrected chi connectivity index (χ3v) is 6.25. The topological polar surface area (TPSA) is 35.9 Å². The summed E-state index contributed by atoms with van der Waals surface area (Å²) in [6.45, 7) is 4.06. The molecular weight excluding hydrogens is 366 g/mol. The number of hydrogen-bond acceptors (Lipinski definition) is 3. The quantitative estimate of drug-likeness (QED) is 0.700. The highest BCUT2D eigenvalue weighted by molar-refractivity contribution is 9.10. The fraction of sp³-hybridized carbons (Fsp3) is 0.263. The number of carbonyl (C=O) groups excluding carboxylic acids is 1. The SMILES string of the molecule is CC1=NN(c2ccc(C)cc2)C2(c3ccccc3C(=O)N2C)C1Br. The zero-order chi connectivity index (χ0) is 17.1. The molecule has 0 saturated carbocycles. The summed E-state index contributed by atoms with van der Waals surface area (Å²) in [4.78, 5) is 14.6. The molecule has 0 saturated heterocycles. The first-order chi connectivity index (χ1) is 11.5. The molecule has 2 atom stereocenters. The standard InChI is InChI=1S/C19H18BrN3O/c1-12-8-10-14(11-9-12)23-19(17(20)13(2)21-23)16-7-5-4-6-15(16)18(24)22(19)3/h4-11,17H,1-3H3. The van der Waals surface area contributed by atoms with Gasteiger partial charge < -0.3 is 4.90 Å². The number of fused-ring (bicyclic) bond motifs is 2. The van der Waals surface area contributed by atoms with Gasteiger partial charge in [-0.1, -0.05) is 51.8 Å². The molecule has 0 N–H and O–H groups in total. The molecule has 4 rings (SSSR count). The maximum Gasteiger partial charge on any atom is 0.256 e. The summed E-state index contributed by atoms with van der Waals surface area (Å²) in [6, 6.07) is 16.1. The first-order valence-corrected chi connectivity index (χ1v) is 8.83. The lowest BCUT2D eigenvalue weighted by Crippen LogP contribution is -2.56. The molecule has 0 radical (unpaired) electrons. The third-order valence-electron chi connectivity index (χ3n) is 4.95. The van der Waals surface area contributed by atoms with Crippen LogP contribution in [0.15, 0.2) is 53.6 Å². The van der Waals surface area contributed by atoms with Crippen LogP contribution < -0.4 is 5.01 Å². The van der Waals surface area contributed by atoms with Crippen molar-refractivity contribution < 1.29 is 4.79 Å². The summed E-state index contributed by atoms with van der Waals surface area (Å²) in [5.74, 6) is 0.0251. The zero-order valence-corrected chi connectivity index (χ0v) is 15.4. The molecule has 1 spiro atoms. The van der Waals surface area contributed by atoms with E-state index in [0.29, 0.717) is 0 Å². The minimum absolute atomic E-state index is 0.0251. The molecule has 2 unspecified atom stereocenters. The lowest BCUT2D eigenvalue weighted by Gasteiger charge is -2.42. The molecule has 5 heteroatoms. The van der Waals surface area contributed by atoms with Crippen LogP contribution in [0.4, 0.5) is 5.69 Å². The van der Waals surface area contributed by atoms with Gasteiger partial charge in [0.1, 0.15) is 4.83 Å². The summed E-state index contributed by atoms with van der Waals surface area (Å²) in [7, 11) is 1.85. The highest BCUT2D eigenvalue weighted by Crippen LogP contribution is 2.51. The monoisotopic (exact) mass is 383 g/mol. The molecule has 0 bridgehead atoms. The van der Waals surface area contributed by atoms with E-state index in [9.17, 15) is 4.79 Å². The number of carbonyl (C=O) groups is 1. The number of amides is 1. The fourth-order valence-electron chi connectivity index (χ4n) is 3.69. The summed E-state index contributed by atoms with van der Waals surface area (Å²) >= 11 is 3.81. The van der Waals surface area contributed by atoms with Gasteiger partial charge in [0, 0.05) is 18.2 Å². The molecule has 2 heterocycles. The van der Waals surface area contributed by atoms with Crippen LogP contribution in [0.3, 0.4) is 0 Å². The average molecular weight is 384 g/mol. The second kappa shape index (κ2) is 5.18. The number of anilines is 1. The van der Waals surface area contributed by atoms with Gasteiger partial charge in [0.25, 0.3) is 5.91 Å². The van der Waals surface area contributed by atoms with E-state index in [1.807, 2.05) is 43.2 Å². The molecule has 122 valence electrons. The number of halogens is 1. The molecule has 2 aromatic rings. The maximum absolute atomic E-state index is 12.9.